The highest BCUT2D eigenvalue weighted by atomic mass is 16.2. The normalized spacial score (nSPS) is 15.9. The molecule has 0 saturated carbocycles. The van der Waals surface area contributed by atoms with Crippen molar-refractivity contribution in [2.45, 2.75) is 19.9 Å². The van der Waals surface area contributed by atoms with Gasteiger partial charge in [0.1, 0.15) is 12.1 Å². The summed E-state index contributed by atoms with van der Waals surface area (Å²) in [5.74, 6) is 0.0811. The van der Waals surface area contributed by atoms with E-state index in [1.807, 2.05) is 24.3 Å². The second-order valence-electron chi connectivity index (χ2n) is 5.48. The van der Waals surface area contributed by atoms with E-state index in [0.717, 1.165) is 17.5 Å². The molecule has 0 N–H and O–H groups in total. The second-order valence-corrected chi connectivity index (χ2v) is 5.48. The minimum absolute atomic E-state index is 0.0149. The van der Waals surface area contributed by atoms with Crippen molar-refractivity contribution in [3.8, 4) is 0 Å². The number of amides is 2. The van der Waals surface area contributed by atoms with E-state index in [1.165, 1.54) is 0 Å². The average Bonchev–Trinajstić information content (AvgIpc) is 2.75. The lowest BCUT2D eigenvalue weighted by Crippen LogP contribution is -2.38. The first kappa shape index (κ1) is 14.5. The average molecular weight is 301 g/mol. The quantitative estimate of drug-likeness (QED) is 0.810. The Labute approximate surface area is 128 Å². The zero-order valence-electron chi connectivity index (χ0n) is 12.6. The SMILES string of the molecule is CC(=O)N1CCCN(C(=O)Cn2nnc3ccccc32)CC1. The lowest BCUT2D eigenvalue weighted by molar-refractivity contribution is -0.133. The molecule has 1 aromatic carbocycles. The lowest BCUT2D eigenvalue weighted by atomic mass is 10.3. The number of fused-ring (bicyclic) bond motifs is 1. The van der Waals surface area contributed by atoms with Gasteiger partial charge >= 0.3 is 0 Å². The number of carbonyl (C=O) groups is 2. The summed E-state index contributed by atoms with van der Waals surface area (Å²) in [5, 5.41) is 8.11. The molecule has 0 spiro atoms. The second kappa shape index (κ2) is 6.13. The molecule has 7 nitrogen and oxygen atoms in total. The standard InChI is InChI=1S/C15H19N5O2/c1-12(21)18-7-4-8-19(10-9-18)15(22)11-20-14-6-3-2-5-13(14)16-17-20/h2-3,5-6H,4,7-11H2,1H3. The predicted molar refractivity (Wildman–Crippen MR) is 81.0 cm³/mol. The largest absolute Gasteiger partial charge is 0.341 e. The highest BCUT2D eigenvalue weighted by molar-refractivity contribution is 5.80. The Morgan fingerprint density at radius 1 is 1.09 bits per heavy atom. The summed E-state index contributed by atoms with van der Waals surface area (Å²) in [7, 11) is 0. The molecule has 1 aliphatic rings. The minimum atomic E-state index is 0.0149. The fraction of sp³-hybridized carbons (Fsp3) is 0.467. The lowest BCUT2D eigenvalue weighted by Gasteiger charge is -2.21. The Morgan fingerprint density at radius 2 is 1.82 bits per heavy atom. The van der Waals surface area contributed by atoms with Crippen LogP contribution in [0.2, 0.25) is 0 Å². The molecule has 22 heavy (non-hydrogen) atoms. The van der Waals surface area contributed by atoms with E-state index in [-0.39, 0.29) is 18.4 Å². The number of para-hydroxylation sites is 1. The van der Waals surface area contributed by atoms with Gasteiger partial charge in [0.05, 0.1) is 5.52 Å². The molecular weight excluding hydrogens is 282 g/mol. The molecule has 116 valence electrons. The van der Waals surface area contributed by atoms with E-state index < -0.39 is 0 Å². The van der Waals surface area contributed by atoms with Crippen molar-refractivity contribution in [3.63, 3.8) is 0 Å². The van der Waals surface area contributed by atoms with Gasteiger partial charge in [0.25, 0.3) is 0 Å². The fourth-order valence-corrected chi connectivity index (χ4v) is 2.74. The van der Waals surface area contributed by atoms with Crippen LogP contribution in [-0.2, 0) is 16.1 Å². The smallest absolute Gasteiger partial charge is 0.244 e. The van der Waals surface area contributed by atoms with Crippen molar-refractivity contribution in [3.05, 3.63) is 24.3 Å². The molecule has 0 bridgehead atoms. The van der Waals surface area contributed by atoms with Crippen LogP contribution in [0, 0.1) is 0 Å². The van der Waals surface area contributed by atoms with Crippen molar-refractivity contribution in [1.29, 1.82) is 0 Å². The van der Waals surface area contributed by atoms with Crippen LogP contribution in [-0.4, -0.2) is 62.8 Å². The predicted octanol–water partition coefficient (Wildman–Crippen LogP) is 0.512. The Kier molecular flexibility index (Phi) is 4.04. The molecule has 1 saturated heterocycles. The van der Waals surface area contributed by atoms with Crippen molar-refractivity contribution in [2.24, 2.45) is 0 Å². The summed E-state index contributed by atoms with van der Waals surface area (Å²) in [6.07, 6.45) is 0.809. The molecule has 1 aromatic heterocycles. The van der Waals surface area contributed by atoms with Gasteiger partial charge in [0, 0.05) is 33.1 Å². The first-order chi connectivity index (χ1) is 10.6. The van der Waals surface area contributed by atoms with Crippen molar-refractivity contribution < 1.29 is 9.59 Å². The van der Waals surface area contributed by atoms with Crippen LogP contribution in [0.1, 0.15) is 13.3 Å². The summed E-state index contributed by atoms with van der Waals surface area (Å²) in [6, 6.07) is 7.58. The van der Waals surface area contributed by atoms with E-state index >= 15 is 0 Å². The summed E-state index contributed by atoms with van der Waals surface area (Å²) < 4.78 is 1.63. The van der Waals surface area contributed by atoms with Crippen molar-refractivity contribution >= 4 is 22.8 Å². The minimum Gasteiger partial charge on any atom is -0.341 e. The maximum Gasteiger partial charge on any atom is 0.244 e. The number of rotatable bonds is 2. The van der Waals surface area contributed by atoms with E-state index in [1.54, 1.807) is 21.4 Å². The fourth-order valence-electron chi connectivity index (χ4n) is 2.74. The molecule has 0 radical (unpaired) electrons. The summed E-state index contributed by atoms with van der Waals surface area (Å²) in [5.41, 5.74) is 1.64. The van der Waals surface area contributed by atoms with Crippen molar-refractivity contribution in [2.75, 3.05) is 26.2 Å². The van der Waals surface area contributed by atoms with E-state index in [4.69, 9.17) is 0 Å². The monoisotopic (exact) mass is 301 g/mol. The van der Waals surface area contributed by atoms with Crippen LogP contribution in [0.3, 0.4) is 0 Å². The zero-order valence-corrected chi connectivity index (χ0v) is 12.6. The number of nitrogens with zero attached hydrogens (tertiary/aromatic N) is 5. The first-order valence-corrected chi connectivity index (χ1v) is 7.46. The highest BCUT2D eigenvalue weighted by Crippen LogP contribution is 2.11. The Balaban J connectivity index is 1.68. The molecule has 2 amide bonds. The van der Waals surface area contributed by atoms with Crippen LogP contribution < -0.4 is 0 Å². The van der Waals surface area contributed by atoms with Gasteiger partial charge in [-0.2, -0.15) is 0 Å². The van der Waals surface area contributed by atoms with Gasteiger partial charge in [0.15, 0.2) is 0 Å². The van der Waals surface area contributed by atoms with E-state index in [2.05, 4.69) is 10.3 Å². The molecule has 0 atom stereocenters. The van der Waals surface area contributed by atoms with Gasteiger partial charge in [-0.15, -0.1) is 5.10 Å². The Morgan fingerprint density at radius 3 is 2.64 bits per heavy atom. The van der Waals surface area contributed by atoms with Crippen LogP contribution >= 0.6 is 0 Å². The van der Waals surface area contributed by atoms with Gasteiger partial charge in [-0.25, -0.2) is 4.68 Å². The van der Waals surface area contributed by atoms with Crippen molar-refractivity contribution in [1.82, 2.24) is 24.8 Å². The van der Waals surface area contributed by atoms with E-state index in [9.17, 15) is 9.59 Å². The van der Waals surface area contributed by atoms with Crippen LogP contribution in [0.5, 0.6) is 0 Å². The Hall–Kier alpha value is -2.44. The number of hydrogen-bond acceptors (Lipinski definition) is 4. The number of aromatic nitrogens is 3. The molecule has 1 fully saturated rings. The molecular formula is C15H19N5O2. The first-order valence-electron chi connectivity index (χ1n) is 7.46. The van der Waals surface area contributed by atoms with E-state index in [0.29, 0.717) is 26.2 Å². The third-order valence-corrected chi connectivity index (χ3v) is 4.00. The topological polar surface area (TPSA) is 71.3 Å². The number of carbonyl (C=O) groups excluding carboxylic acids is 2. The molecule has 1 aliphatic heterocycles. The number of benzene rings is 1. The van der Waals surface area contributed by atoms with Gasteiger partial charge in [-0.05, 0) is 18.6 Å². The number of hydrogen-bond donors (Lipinski definition) is 0. The van der Waals surface area contributed by atoms with Gasteiger partial charge in [0.2, 0.25) is 11.8 Å². The third-order valence-electron chi connectivity index (χ3n) is 4.00. The molecule has 2 heterocycles. The molecule has 7 heteroatoms. The maximum atomic E-state index is 12.5. The summed E-state index contributed by atoms with van der Waals surface area (Å²) in [6.45, 7) is 4.31. The van der Waals surface area contributed by atoms with Gasteiger partial charge in [-0.3, -0.25) is 9.59 Å². The molecule has 0 aliphatic carbocycles. The molecule has 0 unspecified atom stereocenters. The van der Waals surface area contributed by atoms with Gasteiger partial charge < -0.3 is 9.80 Å². The Bertz CT molecular complexity index is 696. The summed E-state index contributed by atoms with van der Waals surface area (Å²) in [4.78, 5) is 27.5. The molecule has 3 rings (SSSR count). The van der Waals surface area contributed by atoms with Crippen LogP contribution in [0.25, 0.3) is 11.0 Å². The molecule has 2 aromatic rings. The van der Waals surface area contributed by atoms with Crippen LogP contribution in [0.15, 0.2) is 24.3 Å². The third kappa shape index (κ3) is 2.93. The van der Waals surface area contributed by atoms with Gasteiger partial charge in [-0.1, -0.05) is 17.3 Å². The highest BCUT2D eigenvalue weighted by Gasteiger charge is 2.21. The van der Waals surface area contributed by atoms with Crippen LogP contribution in [0.4, 0.5) is 0 Å². The summed E-state index contributed by atoms with van der Waals surface area (Å²) >= 11 is 0. The maximum absolute atomic E-state index is 12.5. The zero-order chi connectivity index (χ0) is 15.5.